The Morgan fingerprint density at radius 2 is 1.73 bits per heavy atom. The molecule has 0 spiro atoms. The van der Waals surface area contributed by atoms with Crippen LogP contribution in [-0.4, -0.2) is 61.1 Å². The third-order valence-corrected chi connectivity index (χ3v) is 7.30. The van der Waals surface area contributed by atoms with Crippen LogP contribution in [0.4, 0.5) is 8.78 Å². The quantitative estimate of drug-likeness (QED) is 0.693. The van der Waals surface area contributed by atoms with Gasteiger partial charge in [0.15, 0.2) is 0 Å². The molecular formula is C20H22ClF2N3O3S. The smallest absolute Gasteiger partial charge is 0.282 e. The van der Waals surface area contributed by atoms with Gasteiger partial charge >= 0.3 is 0 Å². The molecule has 2 aromatic carbocycles. The lowest BCUT2D eigenvalue weighted by atomic mass is 10.2. The molecule has 1 aliphatic heterocycles. The zero-order valence-electron chi connectivity index (χ0n) is 16.4. The number of benzene rings is 2. The van der Waals surface area contributed by atoms with Gasteiger partial charge in [0.2, 0.25) is 0 Å². The monoisotopic (exact) mass is 457 g/mol. The minimum atomic E-state index is -3.91. The van der Waals surface area contributed by atoms with Crippen LogP contribution in [0.2, 0.25) is 5.02 Å². The molecule has 0 unspecified atom stereocenters. The van der Waals surface area contributed by atoms with E-state index in [1.165, 1.54) is 52.7 Å². The summed E-state index contributed by atoms with van der Waals surface area (Å²) in [4.78, 5) is 14.1. The molecule has 30 heavy (non-hydrogen) atoms. The van der Waals surface area contributed by atoms with Gasteiger partial charge in [0, 0.05) is 50.4 Å². The fourth-order valence-corrected chi connectivity index (χ4v) is 4.90. The summed E-state index contributed by atoms with van der Waals surface area (Å²) >= 11 is 6.01. The molecule has 0 atom stereocenters. The number of hydrogen-bond donors (Lipinski definition) is 0. The Morgan fingerprint density at radius 3 is 2.43 bits per heavy atom. The van der Waals surface area contributed by atoms with E-state index in [0.717, 1.165) is 4.31 Å². The van der Waals surface area contributed by atoms with E-state index in [1.807, 2.05) is 0 Å². The summed E-state index contributed by atoms with van der Waals surface area (Å²) in [7, 11) is -2.56. The molecular weight excluding hydrogens is 436 g/mol. The topological polar surface area (TPSA) is 60.9 Å². The Kier molecular flexibility index (Phi) is 7.07. The van der Waals surface area contributed by atoms with Crippen molar-refractivity contribution < 1.29 is 22.0 Å². The first-order valence-corrected chi connectivity index (χ1v) is 11.2. The zero-order chi connectivity index (χ0) is 21.9. The largest absolute Gasteiger partial charge is 0.337 e. The van der Waals surface area contributed by atoms with Crippen LogP contribution in [0.3, 0.4) is 0 Å². The van der Waals surface area contributed by atoms with E-state index < -0.39 is 27.8 Å². The van der Waals surface area contributed by atoms with Crippen molar-refractivity contribution in [3.05, 3.63) is 70.2 Å². The maximum Gasteiger partial charge on any atom is 0.282 e. The van der Waals surface area contributed by atoms with Crippen LogP contribution in [0.5, 0.6) is 0 Å². The van der Waals surface area contributed by atoms with Crippen LogP contribution in [-0.2, 0) is 16.8 Å². The van der Waals surface area contributed by atoms with Gasteiger partial charge in [0.25, 0.3) is 16.1 Å². The van der Waals surface area contributed by atoms with Crippen LogP contribution in [0.1, 0.15) is 22.3 Å². The fourth-order valence-electron chi connectivity index (χ4n) is 3.32. The summed E-state index contributed by atoms with van der Waals surface area (Å²) < 4.78 is 56.2. The lowest BCUT2D eigenvalue weighted by Crippen LogP contribution is -2.44. The molecule has 1 fully saturated rings. The highest BCUT2D eigenvalue weighted by atomic mass is 35.5. The van der Waals surface area contributed by atoms with Gasteiger partial charge in [-0.25, -0.2) is 8.78 Å². The molecule has 3 rings (SSSR count). The van der Waals surface area contributed by atoms with Crippen LogP contribution in [0.25, 0.3) is 0 Å². The van der Waals surface area contributed by atoms with Crippen LogP contribution >= 0.6 is 11.6 Å². The molecule has 0 N–H and O–H groups in total. The molecule has 0 aromatic heterocycles. The van der Waals surface area contributed by atoms with Gasteiger partial charge in [-0.15, -0.1) is 0 Å². The van der Waals surface area contributed by atoms with Crippen molar-refractivity contribution in [2.24, 2.45) is 0 Å². The Balaban J connectivity index is 1.70. The molecule has 10 heteroatoms. The summed E-state index contributed by atoms with van der Waals surface area (Å²) in [6.45, 7) is 0.460. The normalized spacial score (nSPS) is 16.0. The van der Waals surface area contributed by atoms with Crippen molar-refractivity contribution in [3.8, 4) is 0 Å². The van der Waals surface area contributed by atoms with E-state index in [9.17, 15) is 22.0 Å². The first-order valence-electron chi connectivity index (χ1n) is 9.40. The minimum absolute atomic E-state index is 0.0416. The molecule has 0 saturated carbocycles. The lowest BCUT2D eigenvalue weighted by molar-refractivity contribution is 0.0759. The molecule has 6 nitrogen and oxygen atoms in total. The number of rotatable bonds is 5. The van der Waals surface area contributed by atoms with Crippen LogP contribution in [0.15, 0.2) is 42.5 Å². The highest BCUT2D eigenvalue weighted by molar-refractivity contribution is 7.86. The molecule has 0 bridgehead atoms. The van der Waals surface area contributed by atoms with E-state index in [2.05, 4.69) is 0 Å². The Labute approximate surface area is 179 Å². The number of carbonyl (C=O) groups is 1. The summed E-state index contributed by atoms with van der Waals surface area (Å²) in [6.07, 6.45) is 0.397. The Morgan fingerprint density at radius 1 is 1.03 bits per heavy atom. The van der Waals surface area contributed by atoms with Crippen LogP contribution < -0.4 is 0 Å². The van der Waals surface area contributed by atoms with Crippen molar-refractivity contribution in [1.82, 2.24) is 13.5 Å². The van der Waals surface area contributed by atoms with Crippen molar-refractivity contribution in [1.29, 1.82) is 0 Å². The third-order valence-electron chi connectivity index (χ3n) is 5.01. The van der Waals surface area contributed by atoms with E-state index in [0.29, 0.717) is 13.0 Å². The molecule has 1 amide bonds. The van der Waals surface area contributed by atoms with Gasteiger partial charge < -0.3 is 4.90 Å². The van der Waals surface area contributed by atoms with Gasteiger partial charge in [-0.05, 0) is 30.7 Å². The van der Waals surface area contributed by atoms with Gasteiger partial charge in [-0.2, -0.15) is 17.0 Å². The first-order chi connectivity index (χ1) is 14.2. The van der Waals surface area contributed by atoms with Gasteiger partial charge in [0.05, 0.1) is 5.56 Å². The Hall–Kier alpha value is -2.07. The standard InChI is InChI=1S/C20H22ClF2N3O3S/c1-24(14-16-17(21)7-4-9-19(16)23)30(28,29)26-11-5-10-25(12-13-26)20(27)15-6-2-3-8-18(15)22/h2-4,6-9H,5,10-14H2,1H3. The molecule has 0 radical (unpaired) electrons. The lowest BCUT2D eigenvalue weighted by Gasteiger charge is -2.27. The average Bonchev–Trinajstić information content (AvgIpc) is 2.97. The van der Waals surface area contributed by atoms with Gasteiger partial charge in [-0.1, -0.05) is 29.8 Å². The number of halogens is 3. The van der Waals surface area contributed by atoms with Crippen molar-refractivity contribution in [3.63, 3.8) is 0 Å². The second-order valence-electron chi connectivity index (χ2n) is 6.99. The summed E-state index contributed by atoms with van der Waals surface area (Å²) in [6, 6.07) is 9.87. The number of amides is 1. The third kappa shape index (κ3) is 4.80. The predicted octanol–water partition coefficient (Wildman–Crippen LogP) is 3.14. The van der Waals surface area contributed by atoms with E-state index >= 15 is 0 Å². The maximum atomic E-state index is 14.0. The summed E-state index contributed by atoms with van der Waals surface area (Å²) in [5.74, 6) is -1.67. The van der Waals surface area contributed by atoms with Gasteiger partial charge in [0.1, 0.15) is 11.6 Å². The molecule has 1 saturated heterocycles. The summed E-state index contributed by atoms with van der Waals surface area (Å²) in [5.41, 5.74) is 0.0524. The summed E-state index contributed by atoms with van der Waals surface area (Å²) in [5, 5.41) is 0.148. The van der Waals surface area contributed by atoms with Crippen molar-refractivity contribution in [2.45, 2.75) is 13.0 Å². The maximum absolute atomic E-state index is 14.0. The fraction of sp³-hybridized carbons (Fsp3) is 0.350. The van der Waals surface area contributed by atoms with E-state index in [4.69, 9.17) is 11.6 Å². The molecule has 1 aliphatic rings. The average molecular weight is 458 g/mol. The highest BCUT2D eigenvalue weighted by Crippen LogP contribution is 2.23. The Bertz CT molecular complexity index is 1020. The minimum Gasteiger partial charge on any atom is -0.337 e. The predicted molar refractivity (Wildman–Crippen MR) is 110 cm³/mol. The van der Waals surface area contributed by atoms with E-state index in [-0.39, 0.29) is 42.3 Å². The second-order valence-corrected chi connectivity index (χ2v) is 9.43. The number of nitrogens with zero attached hydrogens (tertiary/aromatic N) is 3. The zero-order valence-corrected chi connectivity index (χ0v) is 18.0. The highest BCUT2D eigenvalue weighted by Gasteiger charge is 2.31. The van der Waals surface area contributed by atoms with Gasteiger partial charge in [-0.3, -0.25) is 4.79 Å². The van der Waals surface area contributed by atoms with Crippen molar-refractivity contribution in [2.75, 3.05) is 33.2 Å². The molecule has 2 aromatic rings. The number of hydrogen-bond acceptors (Lipinski definition) is 3. The molecule has 0 aliphatic carbocycles. The number of carbonyl (C=O) groups excluding carboxylic acids is 1. The van der Waals surface area contributed by atoms with Crippen LogP contribution in [0, 0.1) is 11.6 Å². The van der Waals surface area contributed by atoms with Crippen molar-refractivity contribution >= 4 is 27.7 Å². The molecule has 1 heterocycles. The second kappa shape index (κ2) is 9.38. The SMILES string of the molecule is CN(Cc1c(F)cccc1Cl)S(=O)(=O)N1CCCN(C(=O)c2ccccc2F)CC1. The molecule has 162 valence electrons. The van der Waals surface area contributed by atoms with E-state index in [1.54, 1.807) is 6.07 Å². The first kappa shape index (κ1) is 22.6.